The Morgan fingerprint density at radius 1 is 1.28 bits per heavy atom. The van der Waals surface area contributed by atoms with Crippen LogP contribution in [-0.2, 0) is 0 Å². The van der Waals surface area contributed by atoms with Crippen LogP contribution in [0.25, 0.3) is 0 Å². The van der Waals surface area contributed by atoms with Gasteiger partial charge in [-0.3, -0.25) is 0 Å². The number of hydrogen-bond donors (Lipinski definition) is 2. The summed E-state index contributed by atoms with van der Waals surface area (Å²) in [4.78, 5) is 2.34. The summed E-state index contributed by atoms with van der Waals surface area (Å²) in [5.74, 6) is 0. The second kappa shape index (κ2) is 6.00. The number of nitrogens with zero attached hydrogens (tertiary/aromatic N) is 1. The third-order valence-corrected chi connectivity index (χ3v) is 3.25. The number of nitrogens with one attached hydrogen (secondary N) is 1. The molecule has 3 nitrogen and oxygen atoms in total. The van der Waals surface area contributed by atoms with Crippen molar-refractivity contribution < 1.29 is 8.78 Å². The van der Waals surface area contributed by atoms with E-state index in [9.17, 15) is 8.78 Å². The molecule has 1 fully saturated rings. The minimum atomic E-state index is -2.50. The van der Waals surface area contributed by atoms with Gasteiger partial charge in [-0.25, -0.2) is 8.78 Å². The van der Waals surface area contributed by atoms with E-state index in [2.05, 4.69) is 10.2 Å². The van der Waals surface area contributed by atoms with Crippen molar-refractivity contribution >= 4 is 11.4 Å². The number of anilines is 2. The van der Waals surface area contributed by atoms with Crippen LogP contribution in [0, 0.1) is 0 Å². The van der Waals surface area contributed by atoms with Crippen molar-refractivity contribution in [3.05, 3.63) is 23.8 Å². The number of benzene rings is 1. The molecule has 0 unspecified atom stereocenters. The van der Waals surface area contributed by atoms with Crippen molar-refractivity contribution in [3.8, 4) is 0 Å². The fraction of sp³-hybridized carbons (Fsp3) is 0.538. The molecule has 2 rings (SSSR count). The van der Waals surface area contributed by atoms with Gasteiger partial charge >= 0.3 is 0 Å². The summed E-state index contributed by atoms with van der Waals surface area (Å²) >= 11 is 0. The molecule has 1 heterocycles. The highest BCUT2D eigenvalue weighted by molar-refractivity contribution is 5.58. The Balaban J connectivity index is 1.91. The summed E-state index contributed by atoms with van der Waals surface area (Å²) in [6.45, 7) is 3.81. The second-order valence-corrected chi connectivity index (χ2v) is 4.62. The number of alkyl halides is 2. The Morgan fingerprint density at radius 2 is 2.00 bits per heavy atom. The zero-order chi connectivity index (χ0) is 13.0. The van der Waals surface area contributed by atoms with Gasteiger partial charge in [-0.05, 0) is 44.1 Å². The molecule has 0 saturated carbocycles. The molecular weight excluding hydrogens is 236 g/mol. The summed E-state index contributed by atoms with van der Waals surface area (Å²) < 4.78 is 25.7. The van der Waals surface area contributed by atoms with Crippen LogP contribution in [0.5, 0.6) is 0 Å². The first-order valence-electron chi connectivity index (χ1n) is 6.30. The highest BCUT2D eigenvalue weighted by atomic mass is 19.3. The van der Waals surface area contributed by atoms with Gasteiger partial charge in [-0.2, -0.15) is 0 Å². The van der Waals surface area contributed by atoms with Crippen LogP contribution in [-0.4, -0.2) is 31.1 Å². The maximum absolute atomic E-state index is 12.8. The lowest BCUT2D eigenvalue weighted by Crippen LogP contribution is -2.26. The highest BCUT2D eigenvalue weighted by Crippen LogP contribution is 2.28. The summed E-state index contributed by atoms with van der Waals surface area (Å²) in [7, 11) is 0. The molecule has 0 amide bonds. The smallest absolute Gasteiger partial charge is 0.265 e. The molecule has 0 aliphatic carbocycles. The van der Waals surface area contributed by atoms with E-state index in [0.717, 1.165) is 19.6 Å². The van der Waals surface area contributed by atoms with Gasteiger partial charge in [0, 0.05) is 30.0 Å². The predicted molar refractivity (Wildman–Crippen MR) is 70.0 cm³/mol. The number of likely N-dealkylation sites (tertiary alicyclic amines) is 1. The van der Waals surface area contributed by atoms with E-state index in [-0.39, 0.29) is 5.56 Å². The molecule has 0 aromatic heterocycles. The number of rotatable bonds is 5. The summed E-state index contributed by atoms with van der Waals surface area (Å²) in [6.07, 6.45) is -0.0170. The van der Waals surface area contributed by atoms with Crippen LogP contribution >= 0.6 is 0 Å². The number of halogens is 2. The molecule has 0 radical (unpaired) electrons. The minimum Gasteiger partial charge on any atom is -0.399 e. The summed E-state index contributed by atoms with van der Waals surface area (Å²) in [5.41, 5.74) is 6.36. The van der Waals surface area contributed by atoms with E-state index in [0.29, 0.717) is 17.9 Å². The van der Waals surface area contributed by atoms with Crippen LogP contribution in [0.3, 0.4) is 0 Å². The third-order valence-electron chi connectivity index (χ3n) is 3.25. The molecule has 1 aliphatic heterocycles. The number of nitrogen functional groups attached to an aromatic ring is 1. The Hall–Kier alpha value is -1.36. The van der Waals surface area contributed by atoms with Crippen molar-refractivity contribution in [2.24, 2.45) is 0 Å². The second-order valence-electron chi connectivity index (χ2n) is 4.62. The average Bonchev–Trinajstić information content (AvgIpc) is 2.84. The van der Waals surface area contributed by atoms with Gasteiger partial charge in [0.25, 0.3) is 6.43 Å². The lowest BCUT2D eigenvalue weighted by molar-refractivity contribution is 0.152. The fourth-order valence-electron chi connectivity index (χ4n) is 2.28. The van der Waals surface area contributed by atoms with Gasteiger partial charge < -0.3 is 16.0 Å². The topological polar surface area (TPSA) is 41.3 Å². The van der Waals surface area contributed by atoms with Crippen LogP contribution in [0.2, 0.25) is 0 Å². The third kappa shape index (κ3) is 3.32. The first-order valence-corrected chi connectivity index (χ1v) is 6.30. The van der Waals surface area contributed by atoms with Gasteiger partial charge in [0.15, 0.2) is 0 Å². The lowest BCUT2D eigenvalue weighted by atomic mass is 10.1. The van der Waals surface area contributed by atoms with Crippen molar-refractivity contribution in [3.63, 3.8) is 0 Å². The molecule has 0 spiro atoms. The zero-order valence-electron chi connectivity index (χ0n) is 10.3. The Kier molecular flexibility index (Phi) is 4.36. The molecule has 100 valence electrons. The Morgan fingerprint density at radius 3 is 2.67 bits per heavy atom. The Labute approximate surface area is 106 Å². The van der Waals surface area contributed by atoms with Crippen LogP contribution in [0.4, 0.5) is 20.2 Å². The molecule has 0 bridgehead atoms. The normalized spacial score (nSPS) is 16.4. The van der Waals surface area contributed by atoms with Crippen molar-refractivity contribution in [1.29, 1.82) is 0 Å². The highest BCUT2D eigenvalue weighted by Gasteiger charge is 2.14. The quantitative estimate of drug-likeness (QED) is 0.795. The van der Waals surface area contributed by atoms with E-state index in [4.69, 9.17) is 5.73 Å². The van der Waals surface area contributed by atoms with E-state index in [1.807, 2.05) is 0 Å². The van der Waals surface area contributed by atoms with E-state index in [1.165, 1.54) is 18.9 Å². The van der Waals surface area contributed by atoms with Crippen molar-refractivity contribution in [1.82, 2.24) is 4.90 Å². The standard InChI is InChI=1S/C13H19F2N3/c14-13(15)11-9-10(16)3-4-12(11)17-5-8-18-6-1-2-7-18/h3-4,9,13,17H,1-2,5-8,16H2. The number of nitrogens with two attached hydrogens (primary N) is 1. The maximum atomic E-state index is 12.8. The van der Waals surface area contributed by atoms with Gasteiger partial charge in [-0.1, -0.05) is 0 Å². The largest absolute Gasteiger partial charge is 0.399 e. The van der Waals surface area contributed by atoms with Gasteiger partial charge in [0.2, 0.25) is 0 Å². The molecule has 3 N–H and O–H groups in total. The fourth-order valence-corrected chi connectivity index (χ4v) is 2.28. The summed E-state index contributed by atoms with van der Waals surface area (Å²) in [6, 6.07) is 4.60. The van der Waals surface area contributed by atoms with Crippen LogP contribution < -0.4 is 11.1 Å². The SMILES string of the molecule is Nc1ccc(NCCN2CCCC2)c(C(F)F)c1. The van der Waals surface area contributed by atoms with Crippen molar-refractivity contribution in [2.75, 3.05) is 37.2 Å². The molecular formula is C13H19F2N3. The first-order chi connectivity index (χ1) is 8.66. The Bertz CT molecular complexity index is 390. The molecule has 5 heteroatoms. The van der Waals surface area contributed by atoms with Gasteiger partial charge in [-0.15, -0.1) is 0 Å². The molecule has 1 aromatic rings. The molecule has 1 aliphatic rings. The minimum absolute atomic E-state index is 0.0172. The molecule has 18 heavy (non-hydrogen) atoms. The maximum Gasteiger partial charge on any atom is 0.265 e. The average molecular weight is 255 g/mol. The van der Waals surface area contributed by atoms with Crippen molar-refractivity contribution in [2.45, 2.75) is 19.3 Å². The van der Waals surface area contributed by atoms with Crippen LogP contribution in [0.1, 0.15) is 24.8 Å². The molecule has 1 saturated heterocycles. The van der Waals surface area contributed by atoms with E-state index >= 15 is 0 Å². The zero-order valence-corrected chi connectivity index (χ0v) is 10.3. The van der Waals surface area contributed by atoms with E-state index < -0.39 is 6.43 Å². The first kappa shape index (κ1) is 13.1. The predicted octanol–water partition coefficient (Wildman–Crippen LogP) is 2.71. The summed E-state index contributed by atoms with van der Waals surface area (Å²) in [5, 5.41) is 3.07. The number of hydrogen-bond acceptors (Lipinski definition) is 3. The molecule has 1 aromatic carbocycles. The molecule has 0 atom stereocenters. The monoisotopic (exact) mass is 255 g/mol. The van der Waals surface area contributed by atoms with Crippen LogP contribution in [0.15, 0.2) is 18.2 Å². The van der Waals surface area contributed by atoms with E-state index in [1.54, 1.807) is 12.1 Å². The van der Waals surface area contributed by atoms with Gasteiger partial charge in [0.1, 0.15) is 0 Å². The lowest BCUT2D eigenvalue weighted by Gasteiger charge is -2.17. The van der Waals surface area contributed by atoms with Gasteiger partial charge in [0.05, 0.1) is 0 Å².